The minimum absolute atomic E-state index is 0. The third-order valence-electron chi connectivity index (χ3n) is 3.29. The maximum atomic E-state index is 13.1. The van der Waals surface area contributed by atoms with Gasteiger partial charge in [-0.25, -0.2) is 4.79 Å². The Morgan fingerprint density at radius 2 is 2.10 bits per heavy atom. The van der Waals surface area contributed by atoms with Crippen molar-refractivity contribution >= 4 is 24.1 Å². The summed E-state index contributed by atoms with van der Waals surface area (Å²) in [4.78, 5) is 12.9. The Labute approximate surface area is 126 Å². The third-order valence-corrected chi connectivity index (χ3v) is 3.29. The predicted octanol–water partition coefficient (Wildman–Crippen LogP) is 2.45. The summed E-state index contributed by atoms with van der Waals surface area (Å²) in [5.41, 5.74) is 4.82. The van der Waals surface area contributed by atoms with E-state index in [0.717, 1.165) is 13.2 Å². The summed E-state index contributed by atoms with van der Waals surface area (Å²) in [5.74, 6) is -0.792. The van der Waals surface area contributed by atoms with E-state index in [2.05, 4.69) is 4.74 Å². The maximum absolute atomic E-state index is 13.1. The first-order valence-corrected chi connectivity index (χ1v) is 6.13. The Kier molecular flexibility index (Phi) is 5.47. The van der Waals surface area contributed by atoms with Crippen LogP contribution in [-0.2, 0) is 10.9 Å². The number of halogens is 4. The zero-order chi connectivity index (χ0) is 14.9. The number of hydrogen-bond donors (Lipinski definition) is 1. The summed E-state index contributed by atoms with van der Waals surface area (Å²) >= 11 is 0. The lowest BCUT2D eigenvalue weighted by atomic mass is 10.1. The number of nitrogens with zero attached hydrogens (tertiary/aromatic N) is 1. The normalized spacial score (nSPS) is 18.3. The van der Waals surface area contributed by atoms with Crippen LogP contribution in [0.4, 0.5) is 18.9 Å². The van der Waals surface area contributed by atoms with Gasteiger partial charge in [0.05, 0.1) is 18.2 Å². The highest BCUT2D eigenvalue weighted by Crippen LogP contribution is 2.38. The van der Waals surface area contributed by atoms with E-state index in [-0.39, 0.29) is 29.7 Å². The molecule has 4 nitrogen and oxygen atoms in total. The highest BCUT2D eigenvalue weighted by molar-refractivity contribution is 5.90. The van der Waals surface area contributed by atoms with Crippen molar-refractivity contribution in [1.82, 2.24) is 0 Å². The molecule has 1 heterocycles. The van der Waals surface area contributed by atoms with E-state index < -0.39 is 17.7 Å². The molecule has 1 aromatic carbocycles. The van der Waals surface area contributed by atoms with E-state index >= 15 is 0 Å². The van der Waals surface area contributed by atoms with Crippen LogP contribution in [0.15, 0.2) is 18.2 Å². The van der Waals surface area contributed by atoms with Gasteiger partial charge in [0.15, 0.2) is 0 Å². The van der Waals surface area contributed by atoms with Crippen molar-refractivity contribution in [2.45, 2.75) is 18.6 Å². The Morgan fingerprint density at radius 1 is 1.43 bits per heavy atom. The summed E-state index contributed by atoms with van der Waals surface area (Å²) in [6.45, 7) is 0.850. The zero-order valence-electron chi connectivity index (χ0n) is 11.3. The number of carbonyl (C=O) groups excluding carboxylic acids is 1. The van der Waals surface area contributed by atoms with Crippen LogP contribution in [0.5, 0.6) is 0 Å². The third kappa shape index (κ3) is 3.79. The fourth-order valence-electron chi connectivity index (χ4n) is 2.29. The van der Waals surface area contributed by atoms with Gasteiger partial charge in [0, 0.05) is 24.8 Å². The highest BCUT2D eigenvalue weighted by atomic mass is 35.5. The van der Waals surface area contributed by atoms with Gasteiger partial charge < -0.3 is 15.4 Å². The molecule has 1 atom stereocenters. The molecule has 2 rings (SSSR count). The second-order valence-electron chi connectivity index (χ2n) is 4.72. The second-order valence-corrected chi connectivity index (χ2v) is 4.72. The van der Waals surface area contributed by atoms with Crippen LogP contribution in [0.2, 0.25) is 0 Å². The lowest BCUT2D eigenvalue weighted by Gasteiger charge is -2.23. The Hall–Kier alpha value is -1.47. The highest BCUT2D eigenvalue weighted by Gasteiger charge is 2.36. The van der Waals surface area contributed by atoms with E-state index in [0.29, 0.717) is 19.5 Å². The fourth-order valence-corrected chi connectivity index (χ4v) is 2.29. The molecule has 1 aliphatic rings. The first-order chi connectivity index (χ1) is 9.32. The molecule has 1 aromatic rings. The first-order valence-electron chi connectivity index (χ1n) is 6.13. The molecule has 2 N–H and O–H groups in total. The van der Waals surface area contributed by atoms with Crippen LogP contribution in [-0.4, -0.2) is 32.2 Å². The monoisotopic (exact) mass is 324 g/mol. The van der Waals surface area contributed by atoms with Crippen molar-refractivity contribution < 1.29 is 22.7 Å². The predicted molar refractivity (Wildman–Crippen MR) is 74.8 cm³/mol. The van der Waals surface area contributed by atoms with Crippen molar-refractivity contribution in [3.63, 3.8) is 0 Å². The van der Waals surface area contributed by atoms with Gasteiger partial charge in [0.25, 0.3) is 0 Å². The lowest BCUT2D eigenvalue weighted by molar-refractivity contribution is -0.137. The molecule has 1 unspecified atom stereocenters. The number of rotatable bonds is 2. The van der Waals surface area contributed by atoms with E-state index in [1.54, 1.807) is 4.90 Å². The molecule has 0 saturated carbocycles. The molecule has 21 heavy (non-hydrogen) atoms. The van der Waals surface area contributed by atoms with Gasteiger partial charge in [-0.15, -0.1) is 12.4 Å². The molecule has 1 aliphatic heterocycles. The molecule has 0 spiro atoms. The van der Waals surface area contributed by atoms with Crippen molar-refractivity contribution in [2.75, 3.05) is 25.1 Å². The zero-order valence-corrected chi connectivity index (χ0v) is 12.1. The average Bonchev–Trinajstić information content (AvgIpc) is 2.82. The quantitative estimate of drug-likeness (QED) is 0.849. The molecule has 1 fully saturated rings. The minimum atomic E-state index is -4.54. The van der Waals surface area contributed by atoms with Crippen LogP contribution in [0.3, 0.4) is 0 Å². The smallest absolute Gasteiger partial charge is 0.418 e. The van der Waals surface area contributed by atoms with Crippen LogP contribution < -0.4 is 10.6 Å². The van der Waals surface area contributed by atoms with Crippen LogP contribution in [0.1, 0.15) is 22.3 Å². The Balaban J connectivity index is 0.00000220. The number of alkyl halides is 3. The number of methoxy groups -OCH3 is 1. The summed E-state index contributed by atoms with van der Waals surface area (Å²) in [6.07, 6.45) is -3.89. The van der Waals surface area contributed by atoms with Gasteiger partial charge in [-0.05, 0) is 24.6 Å². The van der Waals surface area contributed by atoms with Gasteiger partial charge in [-0.3, -0.25) is 0 Å². The topological polar surface area (TPSA) is 55.6 Å². The molecule has 0 aliphatic carbocycles. The second kappa shape index (κ2) is 6.53. The average molecular weight is 325 g/mol. The van der Waals surface area contributed by atoms with E-state index in [9.17, 15) is 18.0 Å². The van der Waals surface area contributed by atoms with Crippen molar-refractivity contribution in [1.29, 1.82) is 0 Å². The van der Waals surface area contributed by atoms with Crippen LogP contribution >= 0.6 is 12.4 Å². The number of esters is 1. The number of hydrogen-bond acceptors (Lipinski definition) is 4. The van der Waals surface area contributed by atoms with Crippen molar-refractivity contribution in [2.24, 2.45) is 5.73 Å². The molecule has 118 valence electrons. The summed E-state index contributed by atoms with van der Waals surface area (Å²) in [7, 11) is 1.13. The minimum Gasteiger partial charge on any atom is -0.465 e. The van der Waals surface area contributed by atoms with E-state index in [4.69, 9.17) is 5.73 Å². The molecule has 0 amide bonds. The maximum Gasteiger partial charge on any atom is 0.418 e. The lowest BCUT2D eigenvalue weighted by Crippen LogP contribution is -2.28. The van der Waals surface area contributed by atoms with Crippen LogP contribution in [0.25, 0.3) is 0 Å². The Morgan fingerprint density at radius 3 is 2.57 bits per heavy atom. The molecule has 0 radical (unpaired) electrons. The fraction of sp³-hybridized carbons (Fsp3) is 0.462. The number of ether oxygens (including phenoxy) is 1. The molecule has 8 heteroatoms. The SMILES string of the molecule is COC(=O)c1ccc(N2CCC(N)C2)c(C(F)(F)F)c1.Cl. The van der Waals surface area contributed by atoms with Gasteiger partial charge in [-0.1, -0.05) is 0 Å². The standard InChI is InChI=1S/C13H15F3N2O2.ClH/c1-20-12(19)8-2-3-11(10(6-8)13(14,15)16)18-5-4-9(17)7-18;/h2-3,6,9H,4-5,7,17H2,1H3;1H. The van der Waals surface area contributed by atoms with Gasteiger partial charge >= 0.3 is 12.1 Å². The summed E-state index contributed by atoms with van der Waals surface area (Å²) in [6, 6.07) is 3.33. The van der Waals surface area contributed by atoms with Crippen LogP contribution in [0, 0.1) is 0 Å². The van der Waals surface area contributed by atoms with Gasteiger partial charge in [0.1, 0.15) is 0 Å². The largest absolute Gasteiger partial charge is 0.465 e. The van der Waals surface area contributed by atoms with Crippen molar-refractivity contribution in [3.05, 3.63) is 29.3 Å². The van der Waals surface area contributed by atoms with E-state index in [1.165, 1.54) is 12.1 Å². The molecule has 0 bridgehead atoms. The van der Waals surface area contributed by atoms with Gasteiger partial charge in [-0.2, -0.15) is 13.2 Å². The number of carbonyl (C=O) groups is 1. The summed E-state index contributed by atoms with van der Waals surface area (Å²) < 4.78 is 43.9. The number of anilines is 1. The molecular weight excluding hydrogens is 309 g/mol. The van der Waals surface area contributed by atoms with Gasteiger partial charge in [0.2, 0.25) is 0 Å². The molecule has 1 saturated heterocycles. The molecule has 0 aromatic heterocycles. The number of benzene rings is 1. The van der Waals surface area contributed by atoms with Crippen molar-refractivity contribution in [3.8, 4) is 0 Å². The molecular formula is C13H16ClF3N2O2. The summed E-state index contributed by atoms with van der Waals surface area (Å²) in [5, 5.41) is 0. The van der Waals surface area contributed by atoms with E-state index in [1.807, 2.05) is 0 Å². The first kappa shape index (κ1) is 17.6. The number of nitrogens with two attached hydrogens (primary N) is 1. The Bertz CT molecular complexity index is 523.